The second-order valence-corrected chi connectivity index (χ2v) is 8.07. The van der Waals surface area contributed by atoms with Crippen LogP contribution < -0.4 is 0 Å². The van der Waals surface area contributed by atoms with Gasteiger partial charge in [-0.3, -0.25) is 0 Å². The normalized spacial score (nSPS) is 25.2. The van der Waals surface area contributed by atoms with Gasteiger partial charge >= 0.3 is 12.1 Å². The number of benzene rings is 1. The van der Waals surface area contributed by atoms with E-state index in [4.69, 9.17) is 9.47 Å². The Kier molecular flexibility index (Phi) is 4.06. The van der Waals surface area contributed by atoms with Crippen LogP contribution in [0.3, 0.4) is 0 Å². The summed E-state index contributed by atoms with van der Waals surface area (Å²) in [5, 5.41) is 0. The molecule has 0 spiro atoms. The number of amides is 1. The van der Waals surface area contributed by atoms with Crippen LogP contribution in [0.25, 0.3) is 0 Å². The third-order valence-electron chi connectivity index (χ3n) is 4.74. The van der Waals surface area contributed by atoms with Gasteiger partial charge in [-0.2, -0.15) is 0 Å². The average molecular weight is 331 g/mol. The van der Waals surface area contributed by atoms with Crippen molar-refractivity contribution in [2.75, 3.05) is 19.7 Å². The largest absolute Gasteiger partial charge is 0.461 e. The lowest BCUT2D eigenvalue weighted by molar-refractivity contribution is 0.0229. The van der Waals surface area contributed by atoms with Crippen molar-refractivity contribution in [3.63, 3.8) is 0 Å². The second kappa shape index (κ2) is 5.80. The number of fused-ring (bicyclic) bond motifs is 1. The fourth-order valence-corrected chi connectivity index (χ4v) is 3.26. The van der Waals surface area contributed by atoms with E-state index in [1.54, 1.807) is 17.0 Å². The van der Waals surface area contributed by atoms with E-state index in [1.165, 1.54) is 0 Å². The number of hydrogen-bond donors (Lipinski definition) is 0. The lowest BCUT2D eigenvalue weighted by atomic mass is 10.1. The number of esters is 1. The highest BCUT2D eigenvalue weighted by molar-refractivity contribution is 5.89. The molecule has 5 nitrogen and oxygen atoms in total. The summed E-state index contributed by atoms with van der Waals surface area (Å²) in [5.41, 5.74) is 1.11. The van der Waals surface area contributed by atoms with Crippen LogP contribution in [0.4, 0.5) is 4.79 Å². The standard InChI is InChI=1S/C19H25NO4/c1-13-5-7-14(8-6-13)16(21)23-12-19-9-15(19)10-20(11-19)17(22)24-18(2,3)4/h5-8,15H,9-12H2,1-4H3/t15-,19+/m1/s1. The molecule has 1 heterocycles. The number of carbonyl (C=O) groups excluding carboxylic acids is 2. The number of aryl methyl sites for hydroxylation is 1. The molecule has 0 bridgehead atoms. The Morgan fingerprint density at radius 3 is 2.54 bits per heavy atom. The van der Waals surface area contributed by atoms with Gasteiger partial charge in [0.1, 0.15) is 5.60 Å². The lowest BCUT2D eigenvalue weighted by Gasteiger charge is -2.26. The predicted molar refractivity (Wildman–Crippen MR) is 89.8 cm³/mol. The molecule has 1 aliphatic heterocycles. The van der Waals surface area contributed by atoms with Crippen molar-refractivity contribution in [2.24, 2.45) is 11.3 Å². The van der Waals surface area contributed by atoms with Gasteiger partial charge in [-0.25, -0.2) is 9.59 Å². The molecular weight excluding hydrogens is 306 g/mol. The Morgan fingerprint density at radius 1 is 1.25 bits per heavy atom. The highest BCUT2D eigenvalue weighted by Gasteiger charge is 2.62. The number of ether oxygens (including phenoxy) is 2. The number of rotatable bonds is 3. The van der Waals surface area contributed by atoms with E-state index in [-0.39, 0.29) is 17.5 Å². The minimum Gasteiger partial charge on any atom is -0.461 e. The van der Waals surface area contributed by atoms with Crippen molar-refractivity contribution in [2.45, 2.75) is 39.7 Å². The molecule has 0 radical (unpaired) electrons. The van der Waals surface area contributed by atoms with E-state index in [0.29, 0.717) is 31.2 Å². The summed E-state index contributed by atoms with van der Waals surface area (Å²) in [6.45, 7) is 9.23. The van der Waals surface area contributed by atoms with E-state index in [2.05, 4.69) is 0 Å². The summed E-state index contributed by atoms with van der Waals surface area (Å²) in [7, 11) is 0. The molecule has 1 amide bonds. The first-order valence-corrected chi connectivity index (χ1v) is 8.40. The van der Waals surface area contributed by atoms with E-state index in [0.717, 1.165) is 12.0 Å². The summed E-state index contributed by atoms with van der Waals surface area (Å²) >= 11 is 0. The Morgan fingerprint density at radius 2 is 1.92 bits per heavy atom. The van der Waals surface area contributed by atoms with E-state index in [1.807, 2.05) is 39.8 Å². The van der Waals surface area contributed by atoms with Gasteiger partial charge < -0.3 is 14.4 Å². The Balaban J connectivity index is 1.53. The van der Waals surface area contributed by atoms with Crippen molar-refractivity contribution in [3.8, 4) is 0 Å². The molecule has 3 rings (SSSR count). The lowest BCUT2D eigenvalue weighted by Crippen LogP contribution is -2.37. The first-order valence-electron chi connectivity index (χ1n) is 8.40. The topological polar surface area (TPSA) is 55.8 Å². The van der Waals surface area contributed by atoms with Gasteiger partial charge in [-0.05, 0) is 52.2 Å². The third-order valence-corrected chi connectivity index (χ3v) is 4.74. The van der Waals surface area contributed by atoms with Crippen molar-refractivity contribution < 1.29 is 19.1 Å². The first kappa shape index (κ1) is 16.8. The number of likely N-dealkylation sites (tertiary alicyclic amines) is 1. The number of nitrogens with zero attached hydrogens (tertiary/aromatic N) is 1. The minimum atomic E-state index is -0.491. The second-order valence-electron chi connectivity index (χ2n) is 8.07. The first-order chi connectivity index (χ1) is 11.2. The predicted octanol–water partition coefficient (Wildman–Crippen LogP) is 3.41. The van der Waals surface area contributed by atoms with Gasteiger partial charge in [0.05, 0.1) is 12.2 Å². The SMILES string of the molecule is Cc1ccc(C(=O)OC[C@@]23C[C@@H]2CN(C(=O)OC(C)(C)C)C3)cc1. The third kappa shape index (κ3) is 3.55. The molecule has 1 aromatic rings. The summed E-state index contributed by atoms with van der Waals surface area (Å²) in [6, 6.07) is 7.35. The van der Waals surface area contributed by atoms with E-state index < -0.39 is 5.60 Å². The van der Waals surface area contributed by atoms with Crippen LogP contribution in [0.15, 0.2) is 24.3 Å². The zero-order chi connectivity index (χ0) is 17.5. The molecule has 1 saturated heterocycles. The molecule has 130 valence electrons. The average Bonchev–Trinajstić information content (AvgIpc) is 3.05. The summed E-state index contributed by atoms with van der Waals surface area (Å²) in [4.78, 5) is 26.0. The Hall–Kier alpha value is -2.04. The molecule has 0 aromatic heterocycles. The molecule has 1 saturated carbocycles. The van der Waals surface area contributed by atoms with Crippen molar-refractivity contribution in [3.05, 3.63) is 35.4 Å². The van der Waals surface area contributed by atoms with Gasteiger partial charge in [0, 0.05) is 18.5 Å². The maximum absolute atomic E-state index is 12.2. The van der Waals surface area contributed by atoms with Crippen LogP contribution >= 0.6 is 0 Å². The van der Waals surface area contributed by atoms with Crippen LogP contribution in [0, 0.1) is 18.3 Å². The molecule has 0 N–H and O–H groups in total. The van der Waals surface area contributed by atoms with Crippen molar-refractivity contribution in [1.82, 2.24) is 4.90 Å². The zero-order valence-electron chi connectivity index (χ0n) is 14.8. The van der Waals surface area contributed by atoms with Crippen LogP contribution in [0.2, 0.25) is 0 Å². The van der Waals surface area contributed by atoms with Gasteiger partial charge in [0.15, 0.2) is 0 Å². The van der Waals surface area contributed by atoms with Gasteiger partial charge in [-0.1, -0.05) is 17.7 Å². The summed E-state index contributed by atoms with van der Waals surface area (Å²) in [6.07, 6.45) is 0.729. The smallest absolute Gasteiger partial charge is 0.410 e. The molecule has 2 aliphatic rings. The highest BCUT2D eigenvalue weighted by Crippen LogP contribution is 2.58. The van der Waals surface area contributed by atoms with Crippen LogP contribution in [0.1, 0.15) is 43.1 Å². The molecular formula is C19H25NO4. The fraction of sp³-hybridized carbons (Fsp3) is 0.579. The number of hydrogen-bond acceptors (Lipinski definition) is 4. The van der Waals surface area contributed by atoms with E-state index in [9.17, 15) is 9.59 Å². The number of piperidine rings is 1. The van der Waals surface area contributed by atoms with Gasteiger partial charge in [0.25, 0.3) is 0 Å². The minimum absolute atomic E-state index is 0.0722. The van der Waals surface area contributed by atoms with Crippen LogP contribution in [0.5, 0.6) is 0 Å². The van der Waals surface area contributed by atoms with Crippen LogP contribution in [-0.2, 0) is 9.47 Å². The van der Waals surface area contributed by atoms with Gasteiger partial charge in [0.2, 0.25) is 0 Å². The summed E-state index contributed by atoms with van der Waals surface area (Å²) < 4.78 is 10.9. The van der Waals surface area contributed by atoms with Crippen molar-refractivity contribution in [1.29, 1.82) is 0 Å². The molecule has 24 heavy (non-hydrogen) atoms. The zero-order valence-corrected chi connectivity index (χ0v) is 14.8. The molecule has 0 unspecified atom stereocenters. The molecule has 1 aromatic carbocycles. The molecule has 2 fully saturated rings. The van der Waals surface area contributed by atoms with Gasteiger partial charge in [-0.15, -0.1) is 0 Å². The highest BCUT2D eigenvalue weighted by atomic mass is 16.6. The molecule has 2 atom stereocenters. The van der Waals surface area contributed by atoms with Crippen LogP contribution in [-0.4, -0.2) is 42.3 Å². The Labute approximate surface area is 142 Å². The summed E-state index contributed by atoms with van der Waals surface area (Å²) in [5.74, 6) is 0.113. The quantitative estimate of drug-likeness (QED) is 0.797. The monoisotopic (exact) mass is 331 g/mol. The maximum atomic E-state index is 12.2. The Bertz CT molecular complexity index is 646. The number of carbonyl (C=O) groups is 2. The molecule has 1 aliphatic carbocycles. The van der Waals surface area contributed by atoms with Crippen molar-refractivity contribution >= 4 is 12.1 Å². The fourth-order valence-electron chi connectivity index (χ4n) is 3.26. The maximum Gasteiger partial charge on any atom is 0.410 e. The van der Waals surface area contributed by atoms with E-state index >= 15 is 0 Å². The molecule has 5 heteroatoms.